The predicted octanol–water partition coefficient (Wildman–Crippen LogP) is 14.8. The third-order valence-electron chi connectivity index (χ3n) is 14.3. The molecule has 0 aromatic heterocycles. The molecule has 74 heavy (non-hydrogen) atoms. The summed E-state index contributed by atoms with van der Waals surface area (Å²) in [5.41, 5.74) is 10.1. The topological polar surface area (TPSA) is 149 Å². The summed E-state index contributed by atoms with van der Waals surface area (Å²) in [6.45, 7) is 0. The summed E-state index contributed by atoms with van der Waals surface area (Å²) in [6, 6.07) is 53.3. The van der Waals surface area contributed by atoms with Crippen LogP contribution in [0.3, 0.4) is 0 Å². The van der Waals surface area contributed by atoms with Crippen molar-refractivity contribution in [1.82, 2.24) is 0 Å². The van der Waals surface area contributed by atoms with E-state index in [1.54, 1.807) is 49.1 Å². The van der Waals surface area contributed by atoms with Crippen LogP contribution in [-0.4, -0.2) is 69.5 Å². The molecule has 0 radical (unpaired) electrons. The van der Waals surface area contributed by atoms with Crippen LogP contribution in [-0.2, 0) is 0 Å². The Morgan fingerprint density at radius 1 is 0.270 bits per heavy atom. The molecule has 17 rings (SSSR count). The Balaban J connectivity index is 0.888. The second-order valence-corrected chi connectivity index (χ2v) is 19.3. The Bertz CT molecular complexity index is 2950. The normalized spacial score (nSPS) is 18.6. The third kappa shape index (κ3) is 11.0. The molecule has 8 aromatic carbocycles. The van der Waals surface area contributed by atoms with E-state index in [-0.39, 0.29) is 47.2 Å². The van der Waals surface area contributed by atoms with Crippen LogP contribution in [0.1, 0.15) is 73.6 Å². The second kappa shape index (κ2) is 21.5. The molecule has 2 aliphatic carbocycles. The van der Waals surface area contributed by atoms with Crippen molar-refractivity contribution in [3.8, 4) is 90.5 Å². The highest BCUT2D eigenvalue weighted by molar-refractivity contribution is 5.89. The molecule has 0 unspecified atom stereocenters. The minimum Gasteiger partial charge on any atom is -0.507 e. The zero-order valence-electron chi connectivity index (χ0n) is 40.8. The van der Waals surface area contributed by atoms with Crippen LogP contribution in [0.25, 0.3) is 44.5 Å². The fourth-order valence-electron chi connectivity index (χ4n) is 10.1. The van der Waals surface area contributed by atoms with Gasteiger partial charge >= 0.3 is 0 Å². The first-order valence-electron chi connectivity index (χ1n) is 25.5. The van der Waals surface area contributed by atoms with Crippen molar-refractivity contribution in [2.75, 3.05) is 0 Å². The molecule has 0 saturated heterocycles. The van der Waals surface area contributed by atoms with Crippen LogP contribution >= 0.6 is 0 Å². The van der Waals surface area contributed by atoms with Crippen LogP contribution < -0.4 is 9.47 Å². The number of hydrogen-bond acceptors (Lipinski definition) is 10. The van der Waals surface area contributed by atoms with Gasteiger partial charge in [-0.1, -0.05) is 98.5 Å². The summed E-state index contributed by atoms with van der Waals surface area (Å²) in [4.78, 5) is 20.0. The molecule has 7 heterocycles. The molecule has 7 aliphatic heterocycles. The fraction of sp³-hybridized carbons (Fsp3) is 0.188. The van der Waals surface area contributed by atoms with Crippen LogP contribution in [0.15, 0.2) is 190 Å². The zero-order chi connectivity index (χ0) is 50.4. The van der Waals surface area contributed by atoms with Gasteiger partial charge in [0.2, 0.25) is 0 Å². The van der Waals surface area contributed by atoms with Crippen LogP contribution in [0.4, 0.5) is 0 Å². The Morgan fingerprint density at radius 3 is 0.689 bits per heavy atom. The Hall–Kier alpha value is -8.76. The minimum absolute atomic E-state index is 0.0788. The summed E-state index contributed by atoms with van der Waals surface area (Å²) in [5.74, 6) is 3.34. The van der Waals surface area contributed by atoms with Gasteiger partial charge in [0.05, 0.1) is 24.2 Å². The van der Waals surface area contributed by atoms with E-state index in [1.807, 2.05) is 146 Å². The highest BCUT2D eigenvalue weighted by Gasteiger charge is 2.25. The molecule has 10 heteroatoms. The average molecular weight is 977 g/mol. The number of hydrogen-bond donors (Lipinski definition) is 4. The molecule has 10 nitrogen and oxygen atoms in total. The molecule has 2 fully saturated rings. The summed E-state index contributed by atoms with van der Waals surface area (Å²) in [7, 11) is 0. The first-order valence-corrected chi connectivity index (χ1v) is 25.5. The quantitative estimate of drug-likeness (QED) is 0.119. The molecule has 4 N–H and O–H groups in total. The van der Waals surface area contributed by atoms with Gasteiger partial charge in [-0.2, -0.15) is 0 Å². The van der Waals surface area contributed by atoms with Gasteiger partial charge < -0.3 is 29.9 Å². The van der Waals surface area contributed by atoms with E-state index in [2.05, 4.69) is 0 Å². The number of phenolic OH excluding ortho intramolecular Hbond substituents is 4. The highest BCUT2D eigenvalue weighted by atomic mass is 16.5. The molecule has 0 spiro atoms. The molecule has 8 aromatic rings. The maximum atomic E-state index is 10.9. The van der Waals surface area contributed by atoms with Gasteiger partial charge in [-0.25, -0.2) is 0 Å². The smallest absolute Gasteiger partial charge is 0.127 e. The van der Waals surface area contributed by atoms with Crippen molar-refractivity contribution in [2.24, 2.45) is 20.0 Å². The lowest BCUT2D eigenvalue weighted by molar-refractivity contribution is 0.390. The van der Waals surface area contributed by atoms with Crippen molar-refractivity contribution in [2.45, 2.75) is 75.5 Å². The lowest BCUT2D eigenvalue weighted by atomic mass is 9.91. The van der Waals surface area contributed by atoms with Gasteiger partial charge in [0.15, 0.2) is 0 Å². The lowest BCUT2D eigenvalue weighted by Gasteiger charge is -2.25. The standard InChI is InChI=1S/C64H56N4O6/c69-61-29-17-45-33-49(61)37-65-57-5-1-2-6-58(57)66-38-50-34-46(18-30-62(50)70)42-11-23-54(24-12-42)74-56-27-15-44(16-28-56)48-20-32-64(72)52(36-48)40-68-60-8-4-3-7-59(60)67-39-51-35-47(19-31-63(51)71)43-13-25-55(26-14-43)73-53-21-9-41(45)10-22-53/h9-40,57-60,69-72H,1-8H2/t57-,58-,59-,60-/m0/s1. The molecule has 4 atom stereocenters. The number of phenols is 4. The number of rotatable bonds is 0. The maximum Gasteiger partial charge on any atom is 0.127 e. The second-order valence-electron chi connectivity index (χ2n) is 19.3. The first kappa shape index (κ1) is 47.6. The zero-order valence-corrected chi connectivity index (χ0v) is 40.8. The summed E-state index contributed by atoms with van der Waals surface area (Å²) < 4.78 is 12.5. The number of ether oxygens (including phenoxy) is 2. The van der Waals surface area contributed by atoms with Crippen molar-refractivity contribution in [3.05, 3.63) is 192 Å². The number of nitrogens with zero attached hydrogens (tertiary/aromatic N) is 4. The maximum absolute atomic E-state index is 10.9. The van der Waals surface area contributed by atoms with Crippen molar-refractivity contribution >= 4 is 24.9 Å². The summed E-state index contributed by atoms with van der Waals surface area (Å²) in [6.07, 6.45) is 14.7. The summed E-state index contributed by atoms with van der Waals surface area (Å²) in [5, 5.41) is 43.7. The molecule has 9 aliphatic rings. The molecular weight excluding hydrogens is 921 g/mol. The number of aliphatic imine (C=N–C) groups is 4. The summed E-state index contributed by atoms with van der Waals surface area (Å²) >= 11 is 0. The van der Waals surface area contributed by atoms with E-state index in [4.69, 9.17) is 29.4 Å². The third-order valence-corrected chi connectivity index (χ3v) is 14.3. The van der Waals surface area contributed by atoms with Crippen molar-refractivity contribution in [1.29, 1.82) is 0 Å². The molecular formula is C64H56N4O6. The predicted molar refractivity (Wildman–Crippen MR) is 297 cm³/mol. The SMILES string of the molecule is Oc1ccc2cc1C=N[C@H]1CCCC[C@@H]1N=Cc1cc(ccc1O)-c1ccc(cc1)Oc1ccc(cc1)-c1ccc(O)c(c1)C=N[C@H]1CCCC[C@@H]1N=Cc1cc(ccc1O)-c1ccc(cc1)Oc1ccc-2cc1. The highest BCUT2D eigenvalue weighted by Crippen LogP contribution is 2.35. The fourth-order valence-corrected chi connectivity index (χ4v) is 10.1. The molecule has 0 amide bonds. The Labute approximate surface area is 431 Å². The van der Waals surface area contributed by atoms with E-state index < -0.39 is 0 Å². The molecule has 368 valence electrons. The van der Waals surface area contributed by atoms with Crippen LogP contribution in [0.2, 0.25) is 0 Å². The average Bonchev–Trinajstić information content (AvgIpc) is 3.43. The van der Waals surface area contributed by atoms with E-state index in [9.17, 15) is 20.4 Å². The lowest BCUT2D eigenvalue weighted by Crippen LogP contribution is -2.27. The van der Waals surface area contributed by atoms with Gasteiger partial charge in [-0.15, -0.1) is 0 Å². The van der Waals surface area contributed by atoms with Gasteiger partial charge in [0, 0.05) is 47.1 Å². The first-order chi connectivity index (χ1) is 36.2. The van der Waals surface area contributed by atoms with Gasteiger partial charge in [-0.3, -0.25) is 20.0 Å². The van der Waals surface area contributed by atoms with Crippen molar-refractivity contribution < 1.29 is 29.9 Å². The largest absolute Gasteiger partial charge is 0.507 e. The van der Waals surface area contributed by atoms with E-state index in [1.165, 1.54) is 0 Å². The van der Waals surface area contributed by atoms with E-state index in [0.29, 0.717) is 45.3 Å². The minimum atomic E-state index is -0.0788. The Morgan fingerprint density at radius 2 is 0.473 bits per heavy atom. The van der Waals surface area contributed by atoms with Gasteiger partial charge in [0.25, 0.3) is 0 Å². The van der Waals surface area contributed by atoms with Gasteiger partial charge in [0.1, 0.15) is 46.0 Å². The Kier molecular flexibility index (Phi) is 13.8. The van der Waals surface area contributed by atoms with Crippen LogP contribution in [0, 0.1) is 0 Å². The van der Waals surface area contributed by atoms with Gasteiger partial charge in [-0.05, 0) is 167 Å². The number of aromatic hydroxyl groups is 4. The van der Waals surface area contributed by atoms with E-state index >= 15 is 0 Å². The monoisotopic (exact) mass is 976 g/mol. The molecule has 16 bridgehead atoms. The molecule has 2 saturated carbocycles. The number of benzene rings is 8. The van der Waals surface area contributed by atoms with E-state index in [0.717, 1.165) is 95.9 Å². The van der Waals surface area contributed by atoms with Crippen molar-refractivity contribution in [3.63, 3.8) is 0 Å². The van der Waals surface area contributed by atoms with Crippen LogP contribution in [0.5, 0.6) is 46.0 Å².